The van der Waals surface area contributed by atoms with Crippen LogP contribution in [-0.4, -0.2) is 23.9 Å². The third-order valence-electron chi connectivity index (χ3n) is 2.00. The van der Waals surface area contributed by atoms with Crippen LogP contribution in [0.4, 0.5) is 0 Å². The van der Waals surface area contributed by atoms with Crippen molar-refractivity contribution < 1.29 is 14.9 Å². The van der Waals surface area contributed by atoms with E-state index in [1.807, 2.05) is 0 Å². The molecular weight excluding hydrogens is 182 g/mol. The molecular formula is C10H15NO3. The van der Waals surface area contributed by atoms with Gasteiger partial charge in [-0.1, -0.05) is 0 Å². The first-order chi connectivity index (χ1) is 6.69. The van der Waals surface area contributed by atoms with Gasteiger partial charge in [0.15, 0.2) is 11.5 Å². The molecule has 0 radical (unpaired) electrons. The predicted octanol–water partition coefficient (Wildman–Crippen LogP) is 0.998. The number of ether oxygens (including phenoxy) is 1. The predicted molar refractivity (Wildman–Crippen MR) is 53.7 cm³/mol. The summed E-state index contributed by atoms with van der Waals surface area (Å²) in [6, 6.07) is 3.22. The van der Waals surface area contributed by atoms with Gasteiger partial charge in [-0.05, 0) is 37.1 Å². The molecule has 4 N–H and O–H groups in total. The van der Waals surface area contributed by atoms with Crippen molar-refractivity contribution in [2.45, 2.75) is 12.8 Å². The van der Waals surface area contributed by atoms with Crippen molar-refractivity contribution in [1.82, 2.24) is 0 Å². The lowest BCUT2D eigenvalue weighted by molar-refractivity contribution is 0.350. The SMILES string of the molecule is COc1cc(CCCN)cc(O)c1O. The zero-order chi connectivity index (χ0) is 10.6. The zero-order valence-electron chi connectivity index (χ0n) is 8.16. The lowest BCUT2D eigenvalue weighted by atomic mass is 10.1. The van der Waals surface area contributed by atoms with Gasteiger partial charge in [-0.15, -0.1) is 0 Å². The highest BCUT2D eigenvalue weighted by molar-refractivity contribution is 5.51. The van der Waals surface area contributed by atoms with Gasteiger partial charge in [0.2, 0.25) is 5.75 Å². The summed E-state index contributed by atoms with van der Waals surface area (Å²) in [5, 5.41) is 18.7. The number of phenolic OH excluding ortho intramolecular Hbond substituents is 2. The summed E-state index contributed by atoms with van der Waals surface area (Å²) < 4.78 is 4.91. The average molecular weight is 197 g/mol. The Morgan fingerprint density at radius 2 is 2.07 bits per heavy atom. The van der Waals surface area contributed by atoms with E-state index in [9.17, 15) is 10.2 Å². The Bertz CT molecular complexity index is 312. The molecule has 0 aliphatic heterocycles. The maximum Gasteiger partial charge on any atom is 0.200 e. The normalized spacial score (nSPS) is 10.1. The topological polar surface area (TPSA) is 75.7 Å². The van der Waals surface area contributed by atoms with Gasteiger partial charge in [0.05, 0.1) is 7.11 Å². The van der Waals surface area contributed by atoms with Crippen LogP contribution >= 0.6 is 0 Å². The summed E-state index contributed by atoms with van der Waals surface area (Å²) in [5.41, 5.74) is 6.28. The Hall–Kier alpha value is -1.42. The number of hydrogen-bond donors (Lipinski definition) is 3. The molecule has 4 heteroatoms. The van der Waals surface area contributed by atoms with E-state index in [-0.39, 0.29) is 17.2 Å². The van der Waals surface area contributed by atoms with Crippen molar-refractivity contribution in [3.05, 3.63) is 17.7 Å². The Morgan fingerprint density at radius 3 is 2.64 bits per heavy atom. The van der Waals surface area contributed by atoms with E-state index < -0.39 is 0 Å². The largest absolute Gasteiger partial charge is 0.504 e. The second-order valence-corrected chi connectivity index (χ2v) is 3.06. The minimum atomic E-state index is -0.219. The van der Waals surface area contributed by atoms with Gasteiger partial charge in [-0.25, -0.2) is 0 Å². The highest BCUT2D eigenvalue weighted by atomic mass is 16.5. The highest BCUT2D eigenvalue weighted by Crippen LogP contribution is 2.36. The van der Waals surface area contributed by atoms with Crippen LogP contribution in [0.25, 0.3) is 0 Å². The van der Waals surface area contributed by atoms with Crippen LogP contribution in [0.1, 0.15) is 12.0 Å². The molecule has 0 amide bonds. The number of hydrogen-bond acceptors (Lipinski definition) is 4. The van der Waals surface area contributed by atoms with Gasteiger partial charge in [-0.2, -0.15) is 0 Å². The Labute approximate surface area is 82.9 Å². The number of methoxy groups -OCH3 is 1. The second-order valence-electron chi connectivity index (χ2n) is 3.06. The summed E-state index contributed by atoms with van der Waals surface area (Å²) in [5.74, 6) is -0.0857. The zero-order valence-corrected chi connectivity index (χ0v) is 8.16. The minimum Gasteiger partial charge on any atom is -0.504 e. The maximum absolute atomic E-state index is 9.35. The van der Waals surface area contributed by atoms with Crippen molar-refractivity contribution in [3.8, 4) is 17.2 Å². The standard InChI is InChI=1S/C10H15NO3/c1-14-9-6-7(3-2-4-11)5-8(12)10(9)13/h5-6,12-13H,2-4,11H2,1H3. The van der Waals surface area contributed by atoms with E-state index >= 15 is 0 Å². The molecule has 0 saturated carbocycles. The maximum atomic E-state index is 9.35. The summed E-state index contributed by atoms with van der Waals surface area (Å²) in [6.45, 7) is 0.601. The van der Waals surface area contributed by atoms with Crippen molar-refractivity contribution in [2.75, 3.05) is 13.7 Å². The summed E-state index contributed by atoms with van der Waals surface area (Å²) in [7, 11) is 1.45. The number of benzene rings is 1. The summed E-state index contributed by atoms with van der Waals surface area (Å²) in [4.78, 5) is 0. The molecule has 0 saturated heterocycles. The average Bonchev–Trinajstić information content (AvgIpc) is 2.19. The molecule has 4 nitrogen and oxygen atoms in total. The monoisotopic (exact) mass is 197 g/mol. The van der Waals surface area contributed by atoms with E-state index in [4.69, 9.17) is 10.5 Å². The molecule has 0 aliphatic rings. The molecule has 0 aromatic heterocycles. The molecule has 1 rings (SSSR count). The van der Waals surface area contributed by atoms with Crippen LogP contribution in [0.3, 0.4) is 0 Å². The molecule has 0 bridgehead atoms. The van der Waals surface area contributed by atoms with Gasteiger partial charge in [0.25, 0.3) is 0 Å². The Balaban J connectivity index is 2.91. The van der Waals surface area contributed by atoms with Crippen LogP contribution in [0, 0.1) is 0 Å². The molecule has 0 aliphatic carbocycles. The van der Waals surface area contributed by atoms with Crippen molar-refractivity contribution in [3.63, 3.8) is 0 Å². The lowest BCUT2D eigenvalue weighted by Crippen LogP contribution is -2.00. The molecule has 14 heavy (non-hydrogen) atoms. The second kappa shape index (κ2) is 4.72. The number of phenols is 2. The van der Waals surface area contributed by atoms with Gasteiger partial charge in [0, 0.05) is 0 Å². The first kappa shape index (κ1) is 10.7. The molecule has 0 unspecified atom stereocenters. The fourth-order valence-corrected chi connectivity index (χ4v) is 1.25. The van der Waals surface area contributed by atoms with E-state index in [0.717, 1.165) is 18.4 Å². The molecule has 0 spiro atoms. The van der Waals surface area contributed by atoms with Crippen molar-refractivity contribution in [2.24, 2.45) is 5.73 Å². The quantitative estimate of drug-likeness (QED) is 0.629. The van der Waals surface area contributed by atoms with Crippen LogP contribution in [0.15, 0.2) is 12.1 Å². The minimum absolute atomic E-state index is 0.156. The van der Waals surface area contributed by atoms with E-state index in [0.29, 0.717) is 6.54 Å². The Kier molecular flexibility index (Phi) is 3.59. The van der Waals surface area contributed by atoms with Crippen LogP contribution in [0.5, 0.6) is 17.2 Å². The number of aryl methyl sites for hydroxylation is 1. The van der Waals surface area contributed by atoms with E-state index in [1.165, 1.54) is 13.2 Å². The van der Waals surface area contributed by atoms with Crippen molar-refractivity contribution >= 4 is 0 Å². The molecule has 0 atom stereocenters. The van der Waals surface area contributed by atoms with E-state index in [2.05, 4.69) is 0 Å². The number of nitrogens with two attached hydrogens (primary N) is 1. The van der Waals surface area contributed by atoms with Crippen LogP contribution < -0.4 is 10.5 Å². The summed E-state index contributed by atoms with van der Waals surface area (Å²) in [6.07, 6.45) is 1.61. The first-order valence-electron chi connectivity index (χ1n) is 4.48. The van der Waals surface area contributed by atoms with Gasteiger partial charge >= 0.3 is 0 Å². The molecule has 1 aromatic carbocycles. The fraction of sp³-hybridized carbons (Fsp3) is 0.400. The number of rotatable bonds is 4. The van der Waals surface area contributed by atoms with E-state index in [1.54, 1.807) is 6.07 Å². The fourth-order valence-electron chi connectivity index (χ4n) is 1.25. The molecule has 78 valence electrons. The van der Waals surface area contributed by atoms with Crippen LogP contribution in [-0.2, 0) is 6.42 Å². The van der Waals surface area contributed by atoms with Gasteiger partial charge < -0.3 is 20.7 Å². The van der Waals surface area contributed by atoms with Gasteiger partial charge in [-0.3, -0.25) is 0 Å². The summed E-state index contributed by atoms with van der Waals surface area (Å²) >= 11 is 0. The molecule has 0 fully saturated rings. The van der Waals surface area contributed by atoms with Gasteiger partial charge in [0.1, 0.15) is 0 Å². The third-order valence-corrected chi connectivity index (χ3v) is 2.00. The third kappa shape index (κ3) is 2.29. The smallest absolute Gasteiger partial charge is 0.200 e. The van der Waals surface area contributed by atoms with Crippen molar-refractivity contribution in [1.29, 1.82) is 0 Å². The molecule has 0 heterocycles. The number of aromatic hydroxyl groups is 2. The lowest BCUT2D eigenvalue weighted by Gasteiger charge is -2.08. The highest BCUT2D eigenvalue weighted by Gasteiger charge is 2.08. The van der Waals surface area contributed by atoms with Crippen LogP contribution in [0.2, 0.25) is 0 Å². The first-order valence-corrected chi connectivity index (χ1v) is 4.48. The Morgan fingerprint density at radius 1 is 1.36 bits per heavy atom. The molecule has 1 aromatic rings.